The molecule has 0 fully saturated rings. The first-order valence-corrected chi connectivity index (χ1v) is 5.68. The highest BCUT2D eigenvalue weighted by molar-refractivity contribution is 5.89. The zero-order chi connectivity index (χ0) is 12.7. The van der Waals surface area contributed by atoms with Gasteiger partial charge in [-0.25, -0.2) is 9.07 Å². The van der Waals surface area contributed by atoms with Crippen LogP contribution in [-0.4, -0.2) is 20.0 Å². The Morgan fingerprint density at radius 3 is 2.72 bits per heavy atom. The highest BCUT2D eigenvalue weighted by Gasteiger charge is 2.16. The number of halogens is 1. The number of nitrogen functional groups attached to an aromatic ring is 1. The van der Waals surface area contributed by atoms with Crippen LogP contribution in [0.15, 0.2) is 24.3 Å². The second-order valence-electron chi connectivity index (χ2n) is 4.02. The number of nitrogens with two attached hydrogens (primary N) is 1. The van der Waals surface area contributed by atoms with Crippen LogP contribution in [-0.2, 0) is 6.42 Å². The summed E-state index contributed by atoms with van der Waals surface area (Å²) in [5.74, 6) is 0.231. The molecule has 3 N–H and O–H groups in total. The first-order chi connectivity index (χ1) is 8.70. The highest BCUT2D eigenvalue weighted by atomic mass is 19.1. The SMILES string of the molecule is CCc1nn(-c2ccc(F)cc2)c2n[nH]c(N)c12. The topological polar surface area (TPSA) is 72.5 Å². The lowest BCUT2D eigenvalue weighted by Crippen LogP contribution is -1.98. The minimum absolute atomic E-state index is 0.278. The van der Waals surface area contributed by atoms with E-state index in [-0.39, 0.29) is 5.82 Å². The molecule has 0 saturated carbocycles. The van der Waals surface area contributed by atoms with E-state index >= 15 is 0 Å². The quantitative estimate of drug-likeness (QED) is 0.725. The molecule has 0 aliphatic carbocycles. The van der Waals surface area contributed by atoms with Crippen LogP contribution < -0.4 is 5.73 Å². The molecule has 0 amide bonds. The van der Waals surface area contributed by atoms with E-state index in [9.17, 15) is 4.39 Å². The van der Waals surface area contributed by atoms with E-state index in [2.05, 4.69) is 15.3 Å². The third-order valence-electron chi connectivity index (χ3n) is 2.89. The van der Waals surface area contributed by atoms with Crippen molar-refractivity contribution in [2.75, 3.05) is 5.73 Å². The summed E-state index contributed by atoms with van der Waals surface area (Å²) in [6.45, 7) is 2.00. The average Bonchev–Trinajstić information content (AvgIpc) is 2.92. The number of H-pyrrole nitrogens is 1. The zero-order valence-corrected chi connectivity index (χ0v) is 9.81. The maximum Gasteiger partial charge on any atom is 0.186 e. The van der Waals surface area contributed by atoms with E-state index in [0.717, 1.165) is 23.2 Å². The first kappa shape index (κ1) is 10.8. The van der Waals surface area contributed by atoms with Gasteiger partial charge in [0.25, 0.3) is 0 Å². The minimum Gasteiger partial charge on any atom is -0.383 e. The molecule has 0 radical (unpaired) electrons. The van der Waals surface area contributed by atoms with Crippen molar-refractivity contribution in [1.82, 2.24) is 20.0 Å². The summed E-state index contributed by atoms with van der Waals surface area (Å²) in [6.07, 6.45) is 0.758. The second-order valence-corrected chi connectivity index (χ2v) is 4.02. The molecule has 0 atom stereocenters. The molecule has 2 heterocycles. The van der Waals surface area contributed by atoms with Crippen LogP contribution in [0.25, 0.3) is 16.7 Å². The highest BCUT2D eigenvalue weighted by Crippen LogP contribution is 2.25. The smallest absolute Gasteiger partial charge is 0.186 e. The van der Waals surface area contributed by atoms with Crippen molar-refractivity contribution < 1.29 is 4.39 Å². The average molecular weight is 245 g/mol. The fourth-order valence-corrected chi connectivity index (χ4v) is 2.01. The predicted molar refractivity (Wildman–Crippen MR) is 67.0 cm³/mol. The molecular weight excluding hydrogens is 233 g/mol. The molecule has 92 valence electrons. The molecule has 18 heavy (non-hydrogen) atoms. The lowest BCUT2D eigenvalue weighted by atomic mass is 10.2. The number of anilines is 1. The number of aryl methyl sites for hydroxylation is 1. The summed E-state index contributed by atoms with van der Waals surface area (Å²) in [4.78, 5) is 0. The summed E-state index contributed by atoms with van der Waals surface area (Å²) in [5.41, 5.74) is 8.13. The van der Waals surface area contributed by atoms with Gasteiger partial charge in [-0.05, 0) is 30.7 Å². The molecular formula is C12H12FN5. The molecule has 3 rings (SSSR count). The van der Waals surface area contributed by atoms with Crippen molar-refractivity contribution in [2.45, 2.75) is 13.3 Å². The van der Waals surface area contributed by atoms with Crippen LogP contribution >= 0.6 is 0 Å². The molecule has 0 aliphatic rings. The third kappa shape index (κ3) is 1.46. The van der Waals surface area contributed by atoms with Crippen LogP contribution in [0.5, 0.6) is 0 Å². The fraction of sp³-hybridized carbons (Fsp3) is 0.167. The van der Waals surface area contributed by atoms with E-state index in [1.165, 1.54) is 12.1 Å². The molecule has 5 nitrogen and oxygen atoms in total. The Balaban J connectivity index is 2.26. The van der Waals surface area contributed by atoms with Gasteiger partial charge in [0, 0.05) is 0 Å². The summed E-state index contributed by atoms with van der Waals surface area (Å²) in [7, 11) is 0. The maximum absolute atomic E-state index is 12.9. The molecule has 0 unspecified atom stereocenters. The number of aromatic nitrogens is 4. The second kappa shape index (κ2) is 3.83. The normalized spacial score (nSPS) is 11.2. The Kier molecular flexibility index (Phi) is 2.29. The Morgan fingerprint density at radius 1 is 1.33 bits per heavy atom. The Bertz CT molecular complexity index is 695. The number of fused-ring (bicyclic) bond motifs is 1. The number of nitrogens with zero attached hydrogens (tertiary/aromatic N) is 3. The van der Waals surface area contributed by atoms with Gasteiger partial charge in [-0.3, -0.25) is 5.10 Å². The lowest BCUT2D eigenvalue weighted by molar-refractivity contribution is 0.627. The molecule has 0 bridgehead atoms. The van der Waals surface area contributed by atoms with Crippen molar-refractivity contribution in [3.63, 3.8) is 0 Å². The predicted octanol–water partition coefficient (Wildman–Crippen LogP) is 2.03. The number of nitrogens with one attached hydrogen (secondary N) is 1. The Hall–Kier alpha value is -2.37. The van der Waals surface area contributed by atoms with Gasteiger partial charge in [0.1, 0.15) is 11.6 Å². The van der Waals surface area contributed by atoms with Crippen LogP contribution in [0.3, 0.4) is 0 Å². The number of benzene rings is 1. The van der Waals surface area contributed by atoms with Crippen molar-refractivity contribution in [2.24, 2.45) is 0 Å². The summed E-state index contributed by atoms with van der Waals surface area (Å²) in [6, 6.07) is 6.10. The van der Waals surface area contributed by atoms with Crippen LogP contribution in [0.2, 0.25) is 0 Å². The van der Waals surface area contributed by atoms with E-state index in [0.29, 0.717) is 11.5 Å². The maximum atomic E-state index is 12.9. The number of rotatable bonds is 2. The van der Waals surface area contributed by atoms with Crippen molar-refractivity contribution in [3.05, 3.63) is 35.8 Å². The Morgan fingerprint density at radius 2 is 2.06 bits per heavy atom. The number of aromatic amines is 1. The number of hydrogen-bond acceptors (Lipinski definition) is 3. The third-order valence-corrected chi connectivity index (χ3v) is 2.89. The van der Waals surface area contributed by atoms with Crippen LogP contribution in [0, 0.1) is 5.82 Å². The molecule has 0 spiro atoms. The summed E-state index contributed by atoms with van der Waals surface area (Å²) < 4.78 is 14.6. The van der Waals surface area contributed by atoms with Gasteiger partial charge in [0.2, 0.25) is 0 Å². The largest absolute Gasteiger partial charge is 0.383 e. The van der Waals surface area contributed by atoms with Gasteiger partial charge < -0.3 is 5.73 Å². The summed E-state index contributed by atoms with van der Waals surface area (Å²) in [5, 5.41) is 12.2. The van der Waals surface area contributed by atoms with Gasteiger partial charge in [-0.15, -0.1) is 0 Å². The van der Waals surface area contributed by atoms with E-state index < -0.39 is 0 Å². The molecule has 1 aromatic carbocycles. The van der Waals surface area contributed by atoms with Gasteiger partial charge in [0.15, 0.2) is 5.65 Å². The van der Waals surface area contributed by atoms with Gasteiger partial charge in [-0.2, -0.15) is 10.2 Å². The van der Waals surface area contributed by atoms with E-state index in [1.807, 2.05) is 6.92 Å². The lowest BCUT2D eigenvalue weighted by Gasteiger charge is -2.00. The first-order valence-electron chi connectivity index (χ1n) is 5.68. The van der Waals surface area contributed by atoms with Crippen LogP contribution in [0.1, 0.15) is 12.6 Å². The van der Waals surface area contributed by atoms with Gasteiger partial charge >= 0.3 is 0 Å². The molecule has 3 aromatic rings. The van der Waals surface area contributed by atoms with Crippen molar-refractivity contribution >= 4 is 16.9 Å². The minimum atomic E-state index is -0.278. The molecule has 2 aromatic heterocycles. The van der Waals surface area contributed by atoms with Crippen molar-refractivity contribution in [3.8, 4) is 5.69 Å². The molecule has 0 saturated heterocycles. The molecule has 0 aliphatic heterocycles. The monoisotopic (exact) mass is 245 g/mol. The van der Waals surface area contributed by atoms with Gasteiger partial charge in [-0.1, -0.05) is 6.92 Å². The van der Waals surface area contributed by atoms with E-state index in [4.69, 9.17) is 5.73 Å². The van der Waals surface area contributed by atoms with Crippen molar-refractivity contribution in [1.29, 1.82) is 0 Å². The fourth-order valence-electron chi connectivity index (χ4n) is 2.01. The van der Waals surface area contributed by atoms with Gasteiger partial charge in [0.05, 0.1) is 16.8 Å². The van der Waals surface area contributed by atoms with Crippen LogP contribution in [0.4, 0.5) is 10.2 Å². The Labute approximate surface area is 102 Å². The summed E-state index contributed by atoms with van der Waals surface area (Å²) >= 11 is 0. The zero-order valence-electron chi connectivity index (χ0n) is 9.81. The molecule has 6 heteroatoms. The standard InChI is InChI=1S/C12H12FN5/c1-2-9-10-11(14)15-16-12(10)18(17-9)8-5-3-7(13)4-6-8/h3-6H,2H2,1H3,(H3,14,15,16). The van der Waals surface area contributed by atoms with E-state index in [1.54, 1.807) is 16.8 Å². The number of hydrogen-bond donors (Lipinski definition) is 2.